The molecule has 1 N–H and O–H groups in total. The van der Waals surface area contributed by atoms with Crippen LogP contribution in [0.2, 0.25) is 5.02 Å². The van der Waals surface area contributed by atoms with Crippen molar-refractivity contribution in [3.8, 4) is 5.75 Å². The maximum absolute atomic E-state index is 12.8. The van der Waals surface area contributed by atoms with E-state index in [2.05, 4.69) is 5.32 Å². The van der Waals surface area contributed by atoms with Crippen molar-refractivity contribution in [1.82, 2.24) is 5.32 Å². The van der Waals surface area contributed by atoms with E-state index in [4.69, 9.17) is 16.3 Å². The molecule has 1 saturated carbocycles. The highest BCUT2D eigenvalue weighted by atomic mass is 35.5. The van der Waals surface area contributed by atoms with Gasteiger partial charge in [0.05, 0.1) is 0 Å². The average Bonchev–Trinajstić information content (AvgIpc) is 3.01. The highest BCUT2D eigenvalue weighted by Gasteiger charge is 2.63. The molecule has 1 aliphatic carbocycles. The standard InChI is InChI=1S/C13H13ClF3NO/c14-9-1-2-11-8(5-9)6-10(19-11)7-18-12(3-4-12)13(15,16)17/h1-2,5,10,18H,3-4,6-7H2. The van der Waals surface area contributed by atoms with Crippen LogP contribution in [0.25, 0.3) is 0 Å². The molecule has 0 spiro atoms. The van der Waals surface area contributed by atoms with Crippen LogP contribution in [0.1, 0.15) is 18.4 Å². The Bertz CT molecular complexity index is 499. The van der Waals surface area contributed by atoms with Crippen LogP contribution in [0.5, 0.6) is 5.75 Å². The van der Waals surface area contributed by atoms with Crippen LogP contribution in [0.4, 0.5) is 13.2 Å². The number of benzene rings is 1. The minimum atomic E-state index is -4.18. The van der Waals surface area contributed by atoms with Crippen LogP contribution < -0.4 is 10.1 Å². The summed E-state index contributed by atoms with van der Waals surface area (Å²) in [7, 11) is 0. The molecular weight excluding hydrogens is 279 g/mol. The van der Waals surface area contributed by atoms with E-state index in [0.717, 1.165) is 5.56 Å². The van der Waals surface area contributed by atoms with Crippen LogP contribution in [0.3, 0.4) is 0 Å². The molecule has 1 aromatic carbocycles. The first-order valence-electron chi connectivity index (χ1n) is 6.16. The van der Waals surface area contributed by atoms with Crippen LogP contribution >= 0.6 is 11.6 Å². The minimum absolute atomic E-state index is 0.155. The van der Waals surface area contributed by atoms with Gasteiger partial charge >= 0.3 is 6.18 Å². The Morgan fingerprint density at radius 1 is 1.37 bits per heavy atom. The fraction of sp³-hybridized carbons (Fsp3) is 0.538. The second kappa shape index (κ2) is 4.28. The van der Waals surface area contributed by atoms with Gasteiger partial charge in [0.25, 0.3) is 0 Å². The van der Waals surface area contributed by atoms with E-state index in [1.807, 2.05) is 0 Å². The van der Waals surface area contributed by atoms with E-state index in [1.54, 1.807) is 18.2 Å². The Morgan fingerprint density at radius 3 is 2.74 bits per heavy atom. The van der Waals surface area contributed by atoms with E-state index in [9.17, 15) is 13.2 Å². The van der Waals surface area contributed by atoms with Crippen molar-refractivity contribution < 1.29 is 17.9 Å². The Kier molecular flexibility index (Phi) is 2.94. The third-order valence-electron chi connectivity index (χ3n) is 3.72. The van der Waals surface area contributed by atoms with E-state index >= 15 is 0 Å². The van der Waals surface area contributed by atoms with Gasteiger partial charge in [0.2, 0.25) is 0 Å². The molecule has 0 radical (unpaired) electrons. The summed E-state index contributed by atoms with van der Waals surface area (Å²) in [6.45, 7) is 0.200. The van der Waals surface area contributed by atoms with E-state index in [-0.39, 0.29) is 25.5 Å². The summed E-state index contributed by atoms with van der Waals surface area (Å²) in [5.74, 6) is 0.716. The lowest BCUT2D eigenvalue weighted by Crippen LogP contribution is -2.48. The van der Waals surface area contributed by atoms with Crippen molar-refractivity contribution in [2.75, 3.05) is 6.54 Å². The smallest absolute Gasteiger partial charge is 0.406 e. The zero-order chi connectivity index (χ0) is 13.7. The quantitative estimate of drug-likeness (QED) is 0.922. The first-order valence-corrected chi connectivity index (χ1v) is 6.54. The number of halogens is 4. The molecule has 0 bridgehead atoms. The van der Waals surface area contributed by atoms with Gasteiger partial charge in [0, 0.05) is 18.0 Å². The van der Waals surface area contributed by atoms with Crippen molar-refractivity contribution in [1.29, 1.82) is 0 Å². The molecule has 104 valence electrons. The number of hydrogen-bond acceptors (Lipinski definition) is 2. The summed E-state index contributed by atoms with van der Waals surface area (Å²) in [6.07, 6.45) is -3.53. The number of nitrogens with one attached hydrogen (secondary N) is 1. The van der Waals surface area contributed by atoms with Gasteiger partial charge in [0.15, 0.2) is 0 Å². The van der Waals surface area contributed by atoms with Gasteiger partial charge in [-0.05, 0) is 36.6 Å². The highest BCUT2D eigenvalue weighted by molar-refractivity contribution is 6.30. The number of hydrogen-bond donors (Lipinski definition) is 1. The Morgan fingerprint density at radius 2 is 2.11 bits per heavy atom. The van der Waals surface area contributed by atoms with Gasteiger partial charge in [-0.1, -0.05) is 11.6 Å². The summed E-state index contributed by atoms with van der Waals surface area (Å²) in [5, 5.41) is 3.23. The van der Waals surface area contributed by atoms with Crippen LogP contribution in [-0.4, -0.2) is 24.4 Å². The topological polar surface area (TPSA) is 21.3 Å². The van der Waals surface area contributed by atoms with E-state index in [0.29, 0.717) is 17.2 Å². The van der Waals surface area contributed by atoms with Gasteiger partial charge in [0.1, 0.15) is 17.4 Å². The van der Waals surface area contributed by atoms with E-state index < -0.39 is 11.7 Å². The molecule has 1 unspecified atom stereocenters. The molecule has 1 atom stereocenters. The lowest BCUT2D eigenvalue weighted by atomic mass is 10.1. The fourth-order valence-corrected chi connectivity index (χ4v) is 2.59. The predicted octanol–water partition coefficient (Wildman–Crippen LogP) is 3.33. The molecule has 0 aromatic heterocycles. The van der Waals surface area contributed by atoms with Crippen molar-refractivity contribution >= 4 is 11.6 Å². The molecule has 1 heterocycles. The summed E-state index contributed by atoms with van der Waals surface area (Å²) < 4.78 is 43.9. The highest BCUT2D eigenvalue weighted by Crippen LogP contribution is 2.49. The first-order chi connectivity index (χ1) is 8.90. The van der Waals surface area contributed by atoms with Gasteiger partial charge < -0.3 is 4.74 Å². The fourth-order valence-electron chi connectivity index (χ4n) is 2.40. The van der Waals surface area contributed by atoms with Gasteiger partial charge in [-0.3, -0.25) is 5.32 Å². The average molecular weight is 292 g/mol. The largest absolute Gasteiger partial charge is 0.488 e. The normalized spacial score (nSPS) is 23.9. The number of rotatable bonds is 3. The summed E-state index contributed by atoms with van der Waals surface area (Å²) in [5.41, 5.74) is -0.723. The first kappa shape index (κ1) is 13.1. The zero-order valence-electron chi connectivity index (χ0n) is 10.1. The predicted molar refractivity (Wildman–Crippen MR) is 65.6 cm³/mol. The van der Waals surface area contributed by atoms with Gasteiger partial charge in [-0.2, -0.15) is 13.2 Å². The monoisotopic (exact) mass is 291 g/mol. The Labute approximate surface area is 113 Å². The Hall–Kier alpha value is -0.940. The summed E-state index contributed by atoms with van der Waals surface area (Å²) in [4.78, 5) is 0. The van der Waals surface area contributed by atoms with Crippen molar-refractivity contribution in [3.05, 3.63) is 28.8 Å². The molecule has 2 nitrogen and oxygen atoms in total. The SMILES string of the molecule is FC(F)(F)C1(NCC2Cc3cc(Cl)ccc3O2)CC1. The van der Waals surface area contributed by atoms with Crippen LogP contribution in [0.15, 0.2) is 18.2 Å². The molecule has 0 saturated heterocycles. The maximum atomic E-state index is 12.8. The van der Waals surface area contributed by atoms with Gasteiger partial charge in [-0.25, -0.2) is 0 Å². The number of ether oxygens (including phenoxy) is 1. The molecule has 3 rings (SSSR count). The molecule has 1 fully saturated rings. The molecule has 1 aromatic rings. The van der Waals surface area contributed by atoms with E-state index in [1.165, 1.54) is 0 Å². The minimum Gasteiger partial charge on any atom is -0.488 e. The third-order valence-corrected chi connectivity index (χ3v) is 3.96. The van der Waals surface area contributed by atoms with Crippen LogP contribution in [-0.2, 0) is 6.42 Å². The van der Waals surface area contributed by atoms with Crippen molar-refractivity contribution in [3.63, 3.8) is 0 Å². The summed E-state index contributed by atoms with van der Waals surface area (Å²) >= 11 is 5.87. The van der Waals surface area contributed by atoms with Crippen molar-refractivity contribution in [2.45, 2.75) is 37.1 Å². The second-order valence-electron chi connectivity index (χ2n) is 5.16. The maximum Gasteiger partial charge on any atom is 0.406 e. The van der Waals surface area contributed by atoms with Crippen LogP contribution in [0, 0.1) is 0 Å². The third kappa shape index (κ3) is 2.41. The Balaban J connectivity index is 1.60. The lowest BCUT2D eigenvalue weighted by Gasteiger charge is -2.22. The molecule has 2 aliphatic rings. The van der Waals surface area contributed by atoms with Gasteiger partial charge in [-0.15, -0.1) is 0 Å². The summed E-state index contributed by atoms with van der Waals surface area (Å²) in [6, 6.07) is 5.27. The molecule has 19 heavy (non-hydrogen) atoms. The number of alkyl halides is 3. The number of fused-ring (bicyclic) bond motifs is 1. The van der Waals surface area contributed by atoms with Crippen molar-refractivity contribution in [2.24, 2.45) is 0 Å². The molecule has 6 heteroatoms. The lowest BCUT2D eigenvalue weighted by molar-refractivity contribution is -0.166. The zero-order valence-corrected chi connectivity index (χ0v) is 10.8. The molecular formula is C13H13ClF3NO. The second-order valence-corrected chi connectivity index (χ2v) is 5.59. The molecule has 0 amide bonds. The molecule has 1 aliphatic heterocycles.